The van der Waals surface area contributed by atoms with Crippen molar-refractivity contribution < 1.29 is 4.79 Å². The summed E-state index contributed by atoms with van der Waals surface area (Å²) in [4.78, 5) is 14.7. The van der Waals surface area contributed by atoms with Gasteiger partial charge in [-0.2, -0.15) is 0 Å². The van der Waals surface area contributed by atoms with E-state index in [2.05, 4.69) is 27.3 Å². The summed E-state index contributed by atoms with van der Waals surface area (Å²) < 4.78 is 0. The van der Waals surface area contributed by atoms with Gasteiger partial charge in [-0.3, -0.25) is 4.79 Å². The normalized spacial score (nSPS) is 17.6. The lowest BCUT2D eigenvalue weighted by Gasteiger charge is -2.31. The van der Waals surface area contributed by atoms with E-state index in [1.165, 1.54) is 12.8 Å². The number of carbonyl (C=O) groups is 1. The van der Waals surface area contributed by atoms with Crippen molar-refractivity contribution in [2.75, 3.05) is 23.3 Å². The van der Waals surface area contributed by atoms with E-state index in [0.29, 0.717) is 11.6 Å². The summed E-state index contributed by atoms with van der Waals surface area (Å²) in [5.74, 6) is 1.30. The Hall–Kier alpha value is -2.43. The first-order valence-electron chi connectivity index (χ1n) is 8.51. The second-order valence-electron chi connectivity index (χ2n) is 6.69. The Balaban J connectivity index is 1.72. The third-order valence-corrected chi connectivity index (χ3v) is 4.58. The molecule has 0 radical (unpaired) electrons. The topological polar surface area (TPSA) is 58.1 Å². The van der Waals surface area contributed by atoms with Gasteiger partial charge in [-0.15, -0.1) is 10.2 Å². The van der Waals surface area contributed by atoms with Crippen LogP contribution in [0.2, 0.25) is 0 Å². The van der Waals surface area contributed by atoms with E-state index in [-0.39, 0.29) is 5.91 Å². The summed E-state index contributed by atoms with van der Waals surface area (Å²) >= 11 is 0. The molecule has 1 unspecified atom stereocenters. The van der Waals surface area contributed by atoms with Gasteiger partial charge in [0.15, 0.2) is 11.5 Å². The molecule has 1 aromatic carbocycles. The summed E-state index contributed by atoms with van der Waals surface area (Å²) in [6.07, 6.45) is 2.44. The van der Waals surface area contributed by atoms with Gasteiger partial charge in [0.25, 0.3) is 5.91 Å². The van der Waals surface area contributed by atoms with Crippen molar-refractivity contribution in [1.29, 1.82) is 0 Å². The van der Waals surface area contributed by atoms with Crippen LogP contribution >= 0.6 is 0 Å². The molecule has 3 rings (SSSR count). The van der Waals surface area contributed by atoms with Gasteiger partial charge in [-0.1, -0.05) is 25.1 Å². The number of hydrogen-bond donors (Lipinski definition) is 1. The Bertz CT molecular complexity index is 706. The predicted octanol–water partition coefficient (Wildman–Crippen LogP) is 3.58. The van der Waals surface area contributed by atoms with Gasteiger partial charge in [0.1, 0.15) is 0 Å². The highest BCUT2D eigenvalue weighted by Crippen LogP contribution is 2.22. The van der Waals surface area contributed by atoms with Crippen molar-refractivity contribution in [2.24, 2.45) is 5.92 Å². The third-order valence-electron chi connectivity index (χ3n) is 4.58. The van der Waals surface area contributed by atoms with Crippen molar-refractivity contribution in [3.8, 4) is 0 Å². The van der Waals surface area contributed by atoms with Crippen LogP contribution in [0.1, 0.15) is 41.4 Å². The van der Waals surface area contributed by atoms with Gasteiger partial charge < -0.3 is 10.2 Å². The highest BCUT2D eigenvalue weighted by Gasteiger charge is 2.18. The molecule has 2 heterocycles. The standard InChI is InChI=1S/C19H24N4O/c1-13-6-5-11-23(12-13)17-10-9-16(21-22-17)19(24)20-18-14(2)7-4-8-15(18)3/h4,7-10,13H,5-6,11-12H2,1-3H3,(H,20,24). The lowest BCUT2D eigenvalue weighted by atomic mass is 10.0. The number of nitrogens with zero attached hydrogens (tertiary/aromatic N) is 3. The first-order valence-corrected chi connectivity index (χ1v) is 8.51. The van der Waals surface area contributed by atoms with Crippen LogP contribution < -0.4 is 10.2 Å². The summed E-state index contributed by atoms with van der Waals surface area (Å²) in [6.45, 7) is 8.23. The maximum Gasteiger partial charge on any atom is 0.276 e. The number of para-hydroxylation sites is 1. The van der Waals surface area contributed by atoms with E-state index < -0.39 is 0 Å². The van der Waals surface area contributed by atoms with Crippen LogP contribution in [-0.2, 0) is 0 Å². The van der Waals surface area contributed by atoms with Crippen molar-refractivity contribution in [3.63, 3.8) is 0 Å². The fraction of sp³-hybridized carbons (Fsp3) is 0.421. The molecule has 126 valence electrons. The van der Waals surface area contributed by atoms with Gasteiger partial charge in [-0.25, -0.2) is 0 Å². The SMILES string of the molecule is Cc1cccc(C)c1NC(=O)c1ccc(N2CCCC(C)C2)nn1. The average Bonchev–Trinajstić information content (AvgIpc) is 2.58. The van der Waals surface area contributed by atoms with Crippen LogP contribution in [0.25, 0.3) is 0 Å². The molecule has 1 aliphatic heterocycles. The van der Waals surface area contributed by atoms with E-state index in [1.807, 2.05) is 38.1 Å². The van der Waals surface area contributed by atoms with E-state index in [1.54, 1.807) is 6.07 Å². The zero-order valence-corrected chi connectivity index (χ0v) is 14.5. The first-order chi connectivity index (χ1) is 11.5. The number of piperidine rings is 1. The molecule has 0 aliphatic carbocycles. The molecule has 5 nitrogen and oxygen atoms in total. The molecule has 2 aromatic rings. The number of amides is 1. The van der Waals surface area contributed by atoms with E-state index in [4.69, 9.17) is 0 Å². The summed E-state index contributed by atoms with van der Waals surface area (Å²) in [6, 6.07) is 9.59. The molecule has 1 atom stereocenters. The third kappa shape index (κ3) is 3.55. The summed E-state index contributed by atoms with van der Waals surface area (Å²) in [7, 11) is 0. The first kappa shape index (κ1) is 16.4. The van der Waals surface area contributed by atoms with Gasteiger partial charge in [-0.05, 0) is 55.9 Å². The van der Waals surface area contributed by atoms with Crippen LogP contribution in [0, 0.1) is 19.8 Å². The molecule has 0 bridgehead atoms. The number of anilines is 2. The van der Waals surface area contributed by atoms with Gasteiger partial charge in [0.2, 0.25) is 0 Å². The number of benzene rings is 1. The molecule has 1 fully saturated rings. The number of rotatable bonds is 3. The number of carbonyl (C=O) groups excluding carboxylic acids is 1. The number of aromatic nitrogens is 2. The Morgan fingerprint density at radius 3 is 2.54 bits per heavy atom. The molecule has 1 aliphatic rings. The van der Waals surface area contributed by atoms with Crippen LogP contribution in [0.4, 0.5) is 11.5 Å². The van der Waals surface area contributed by atoms with E-state index in [0.717, 1.165) is 35.7 Å². The molecule has 5 heteroatoms. The Kier molecular flexibility index (Phi) is 4.79. The zero-order valence-electron chi connectivity index (χ0n) is 14.5. The highest BCUT2D eigenvalue weighted by atomic mass is 16.1. The monoisotopic (exact) mass is 324 g/mol. The van der Waals surface area contributed by atoms with Gasteiger partial charge >= 0.3 is 0 Å². The molecule has 1 saturated heterocycles. The van der Waals surface area contributed by atoms with E-state index >= 15 is 0 Å². The Morgan fingerprint density at radius 2 is 1.92 bits per heavy atom. The van der Waals surface area contributed by atoms with Crippen LogP contribution in [0.5, 0.6) is 0 Å². The second-order valence-corrected chi connectivity index (χ2v) is 6.69. The smallest absolute Gasteiger partial charge is 0.276 e. The maximum atomic E-state index is 12.4. The van der Waals surface area contributed by atoms with E-state index in [9.17, 15) is 4.79 Å². The number of hydrogen-bond acceptors (Lipinski definition) is 4. The summed E-state index contributed by atoms with van der Waals surface area (Å²) in [5, 5.41) is 11.3. The molecule has 1 amide bonds. The van der Waals surface area contributed by atoms with Gasteiger partial charge in [0.05, 0.1) is 0 Å². The van der Waals surface area contributed by atoms with Crippen molar-refractivity contribution in [2.45, 2.75) is 33.6 Å². The number of aryl methyl sites for hydroxylation is 2. The zero-order chi connectivity index (χ0) is 17.1. The second kappa shape index (κ2) is 6.99. The molecule has 1 aromatic heterocycles. The minimum Gasteiger partial charge on any atom is -0.355 e. The van der Waals surface area contributed by atoms with Crippen molar-refractivity contribution in [3.05, 3.63) is 47.2 Å². The minimum absolute atomic E-state index is 0.224. The molecule has 24 heavy (non-hydrogen) atoms. The van der Waals surface area contributed by atoms with Crippen LogP contribution in [0.3, 0.4) is 0 Å². The van der Waals surface area contributed by atoms with Gasteiger partial charge in [0, 0.05) is 18.8 Å². The largest absolute Gasteiger partial charge is 0.355 e. The quantitative estimate of drug-likeness (QED) is 0.937. The lowest BCUT2D eigenvalue weighted by Crippen LogP contribution is -2.35. The highest BCUT2D eigenvalue weighted by molar-refractivity contribution is 6.03. The molecule has 0 spiro atoms. The predicted molar refractivity (Wildman–Crippen MR) is 96.5 cm³/mol. The van der Waals surface area contributed by atoms with Crippen LogP contribution in [0.15, 0.2) is 30.3 Å². The molecule has 0 saturated carbocycles. The Morgan fingerprint density at radius 1 is 1.17 bits per heavy atom. The average molecular weight is 324 g/mol. The fourth-order valence-corrected chi connectivity index (χ4v) is 3.20. The van der Waals surface area contributed by atoms with Crippen molar-refractivity contribution >= 4 is 17.4 Å². The molecule has 1 N–H and O–H groups in total. The molecular formula is C19H24N4O. The number of nitrogens with one attached hydrogen (secondary N) is 1. The van der Waals surface area contributed by atoms with Crippen molar-refractivity contribution in [1.82, 2.24) is 10.2 Å². The Labute approximate surface area is 143 Å². The summed E-state index contributed by atoms with van der Waals surface area (Å²) in [5.41, 5.74) is 3.26. The lowest BCUT2D eigenvalue weighted by molar-refractivity contribution is 0.102. The fourth-order valence-electron chi connectivity index (χ4n) is 3.20. The van der Waals surface area contributed by atoms with Crippen LogP contribution in [-0.4, -0.2) is 29.2 Å². The maximum absolute atomic E-state index is 12.4. The minimum atomic E-state index is -0.224. The molecular weight excluding hydrogens is 300 g/mol.